The minimum absolute atomic E-state index is 0.0198. The molecule has 0 unspecified atom stereocenters. The number of nitrogens with one attached hydrogen (secondary N) is 1. The van der Waals surface area contributed by atoms with Crippen LogP contribution in [0.3, 0.4) is 0 Å². The molecule has 0 amide bonds. The summed E-state index contributed by atoms with van der Waals surface area (Å²) in [5.41, 5.74) is 0.804. The smallest absolute Gasteiger partial charge is 0.242 e. The van der Waals surface area contributed by atoms with Gasteiger partial charge in [0.2, 0.25) is 15.9 Å². The number of hydrogen-bond donors (Lipinski definition) is 1. The summed E-state index contributed by atoms with van der Waals surface area (Å²) in [6.45, 7) is 0.215. The predicted octanol–water partition coefficient (Wildman–Crippen LogP) is 1.25. The number of nitrogens with zero attached hydrogens (tertiary/aromatic N) is 2. The molecule has 0 atom stereocenters. The minimum Gasteiger partial charge on any atom is -0.480 e. The lowest BCUT2D eigenvalue weighted by Gasteiger charge is -2.07. The summed E-state index contributed by atoms with van der Waals surface area (Å²) < 4.78 is 36.0. The highest BCUT2D eigenvalue weighted by molar-refractivity contribution is 7.89. The van der Waals surface area contributed by atoms with E-state index in [1.165, 1.54) is 31.8 Å². The second kappa shape index (κ2) is 6.21. The third-order valence-electron chi connectivity index (χ3n) is 2.48. The van der Waals surface area contributed by atoms with Crippen molar-refractivity contribution in [2.45, 2.75) is 11.3 Å². The topological polar surface area (TPSA) is 94.3 Å². The van der Waals surface area contributed by atoms with Gasteiger partial charge in [-0.15, -0.1) is 0 Å². The highest BCUT2D eigenvalue weighted by atomic mass is 35.5. The Bertz CT molecular complexity index is 673. The van der Waals surface area contributed by atoms with Gasteiger partial charge in [0, 0.05) is 12.1 Å². The number of pyridine rings is 1. The first-order valence-corrected chi connectivity index (χ1v) is 7.46. The van der Waals surface area contributed by atoms with Crippen molar-refractivity contribution < 1.29 is 17.7 Å². The van der Waals surface area contributed by atoms with Crippen molar-refractivity contribution in [1.82, 2.24) is 14.9 Å². The molecule has 0 aromatic carbocycles. The van der Waals surface area contributed by atoms with Crippen molar-refractivity contribution in [2.24, 2.45) is 0 Å². The molecule has 0 fully saturated rings. The maximum Gasteiger partial charge on any atom is 0.242 e. The van der Waals surface area contributed by atoms with E-state index in [-0.39, 0.29) is 22.3 Å². The molecule has 0 bridgehead atoms. The lowest BCUT2D eigenvalue weighted by atomic mass is 10.3. The highest BCUT2D eigenvalue weighted by Gasteiger charge is 2.16. The van der Waals surface area contributed by atoms with Gasteiger partial charge < -0.3 is 9.26 Å². The lowest BCUT2D eigenvalue weighted by Crippen LogP contribution is -2.26. The zero-order chi connectivity index (χ0) is 14.6. The molecule has 0 aliphatic carbocycles. The summed E-state index contributed by atoms with van der Waals surface area (Å²) in [4.78, 5) is 3.80. The molecule has 0 saturated carbocycles. The average Bonchev–Trinajstić information content (AvgIpc) is 2.91. The van der Waals surface area contributed by atoms with Gasteiger partial charge in [-0.05, 0) is 12.5 Å². The Hall–Kier alpha value is -1.64. The van der Waals surface area contributed by atoms with Crippen molar-refractivity contribution in [3.05, 3.63) is 35.3 Å². The molecule has 0 radical (unpaired) electrons. The maximum absolute atomic E-state index is 12.0. The molecule has 0 aliphatic rings. The standard InChI is InChI=1S/C11H12ClN3O4S/c1-18-11-10(12)4-9(6-13-11)20(16,17)15-3-2-8-5-14-19-7-8/h4-7,15H,2-3H2,1H3. The molecule has 0 spiro atoms. The third-order valence-corrected chi connectivity index (χ3v) is 4.17. The number of sulfonamides is 1. The number of rotatable bonds is 6. The molecule has 9 heteroatoms. The van der Waals surface area contributed by atoms with Gasteiger partial charge >= 0.3 is 0 Å². The fraction of sp³-hybridized carbons (Fsp3) is 0.273. The van der Waals surface area contributed by atoms with Crippen LogP contribution in [0, 0.1) is 0 Å². The van der Waals surface area contributed by atoms with Crippen LogP contribution in [-0.4, -0.2) is 32.2 Å². The largest absolute Gasteiger partial charge is 0.480 e. The molecule has 108 valence electrons. The SMILES string of the molecule is COc1ncc(S(=O)(=O)NCCc2cnoc2)cc1Cl. The van der Waals surface area contributed by atoms with E-state index in [0.717, 1.165) is 5.56 Å². The summed E-state index contributed by atoms with van der Waals surface area (Å²) >= 11 is 5.85. The van der Waals surface area contributed by atoms with Gasteiger partial charge in [0.15, 0.2) is 0 Å². The van der Waals surface area contributed by atoms with Gasteiger partial charge in [0.25, 0.3) is 0 Å². The predicted molar refractivity (Wildman–Crippen MR) is 71.2 cm³/mol. The molecule has 2 aromatic heterocycles. The Balaban J connectivity index is 2.04. The Kier molecular flexibility index (Phi) is 4.58. The Labute approximate surface area is 120 Å². The van der Waals surface area contributed by atoms with E-state index in [9.17, 15) is 8.42 Å². The van der Waals surface area contributed by atoms with E-state index in [0.29, 0.717) is 6.42 Å². The zero-order valence-electron chi connectivity index (χ0n) is 10.5. The van der Waals surface area contributed by atoms with Gasteiger partial charge in [-0.3, -0.25) is 0 Å². The van der Waals surface area contributed by atoms with Gasteiger partial charge in [-0.1, -0.05) is 16.8 Å². The molecule has 0 aliphatic heterocycles. The first-order valence-electron chi connectivity index (χ1n) is 5.60. The number of aromatic nitrogens is 2. The maximum atomic E-state index is 12.0. The Morgan fingerprint density at radius 2 is 2.25 bits per heavy atom. The number of halogens is 1. The van der Waals surface area contributed by atoms with E-state index >= 15 is 0 Å². The van der Waals surface area contributed by atoms with Gasteiger partial charge in [0.05, 0.1) is 19.5 Å². The number of ether oxygens (including phenoxy) is 1. The van der Waals surface area contributed by atoms with Gasteiger partial charge in [-0.25, -0.2) is 18.1 Å². The molecule has 20 heavy (non-hydrogen) atoms. The fourth-order valence-electron chi connectivity index (χ4n) is 1.47. The van der Waals surface area contributed by atoms with Crippen LogP contribution in [0.5, 0.6) is 5.88 Å². The van der Waals surface area contributed by atoms with Crippen molar-refractivity contribution in [3.63, 3.8) is 0 Å². The van der Waals surface area contributed by atoms with Crippen molar-refractivity contribution >= 4 is 21.6 Å². The van der Waals surface area contributed by atoms with Gasteiger partial charge in [0.1, 0.15) is 16.2 Å². The quantitative estimate of drug-likeness (QED) is 0.861. The highest BCUT2D eigenvalue weighted by Crippen LogP contribution is 2.23. The van der Waals surface area contributed by atoms with Crippen LogP contribution in [0.1, 0.15) is 5.56 Å². The summed E-state index contributed by atoms with van der Waals surface area (Å²) in [5, 5.41) is 3.67. The second-order valence-electron chi connectivity index (χ2n) is 3.84. The van der Waals surface area contributed by atoms with Crippen LogP contribution in [0.4, 0.5) is 0 Å². The molecular formula is C11H12ClN3O4S. The molecule has 2 heterocycles. The van der Waals surface area contributed by atoms with Crippen molar-refractivity contribution in [2.75, 3.05) is 13.7 Å². The monoisotopic (exact) mass is 317 g/mol. The van der Waals surface area contributed by atoms with E-state index in [1.807, 2.05) is 0 Å². The Morgan fingerprint density at radius 3 is 2.85 bits per heavy atom. The summed E-state index contributed by atoms with van der Waals surface area (Å²) in [5.74, 6) is 0.176. The van der Waals surface area contributed by atoms with Crippen LogP contribution in [0.25, 0.3) is 0 Å². The minimum atomic E-state index is -3.66. The molecular weight excluding hydrogens is 306 g/mol. The molecule has 2 aromatic rings. The molecule has 0 saturated heterocycles. The Morgan fingerprint density at radius 1 is 1.45 bits per heavy atom. The van der Waals surface area contributed by atoms with E-state index in [1.54, 1.807) is 0 Å². The van der Waals surface area contributed by atoms with Crippen LogP contribution in [0.15, 0.2) is 34.1 Å². The first kappa shape index (κ1) is 14.8. The number of methoxy groups -OCH3 is 1. The normalized spacial score (nSPS) is 11.5. The third kappa shape index (κ3) is 3.47. The van der Waals surface area contributed by atoms with Crippen molar-refractivity contribution in [3.8, 4) is 5.88 Å². The van der Waals surface area contributed by atoms with Crippen LogP contribution in [-0.2, 0) is 16.4 Å². The van der Waals surface area contributed by atoms with E-state index in [2.05, 4.69) is 19.4 Å². The number of hydrogen-bond acceptors (Lipinski definition) is 6. The zero-order valence-corrected chi connectivity index (χ0v) is 12.1. The van der Waals surface area contributed by atoms with E-state index < -0.39 is 10.0 Å². The van der Waals surface area contributed by atoms with Gasteiger partial charge in [-0.2, -0.15) is 0 Å². The van der Waals surface area contributed by atoms with Crippen LogP contribution >= 0.6 is 11.6 Å². The van der Waals surface area contributed by atoms with E-state index in [4.69, 9.17) is 16.3 Å². The average molecular weight is 318 g/mol. The first-order chi connectivity index (χ1) is 9.53. The van der Waals surface area contributed by atoms with Crippen molar-refractivity contribution in [1.29, 1.82) is 0 Å². The van der Waals surface area contributed by atoms with Crippen LogP contribution < -0.4 is 9.46 Å². The summed E-state index contributed by atoms with van der Waals surface area (Å²) in [6, 6.07) is 1.29. The second-order valence-corrected chi connectivity index (χ2v) is 6.02. The molecule has 7 nitrogen and oxygen atoms in total. The lowest BCUT2D eigenvalue weighted by molar-refractivity contribution is 0.397. The van der Waals surface area contributed by atoms with Crippen LogP contribution in [0.2, 0.25) is 5.02 Å². The summed E-state index contributed by atoms with van der Waals surface area (Å²) in [7, 11) is -2.26. The molecule has 1 N–H and O–H groups in total. The molecule has 2 rings (SSSR count). The fourth-order valence-corrected chi connectivity index (χ4v) is 2.78. The summed E-state index contributed by atoms with van der Waals surface area (Å²) in [6.07, 6.45) is 4.65.